The van der Waals surface area contributed by atoms with Gasteiger partial charge in [0.2, 0.25) is 10.0 Å². The number of para-hydroxylation sites is 1. The van der Waals surface area contributed by atoms with Crippen LogP contribution in [0.2, 0.25) is 5.02 Å². The smallest absolute Gasteiger partial charge is 0.338 e. The number of carbonyl (C=O) groups is 1. The number of esters is 1. The van der Waals surface area contributed by atoms with Crippen molar-refractivity contribution in [1.82, 2.24) is 4.31 Å². The number of hydrogen-bond donors (Lipinski definition) is 0. The van der Waals surface area contributed by atoms with Crippen molar-refractivity contribution in [2.75, 3.05) is 26.3 Å². The molecule has 8 heteroatoms. The Hall–Kier alpha value is -2.09. The van der Waals surface area contributed by atoms with Gasteiger partial charge in [-0.1, -0.05) is 36.2 Å². The summed E-state index contributed by atoms with van der Waals surface area (Å²) in [5.74, 6) is -0.0849. The third kappa shape index (κ3) is 5.29. The average Bonchev–Trinajstić information content (AvgIpc) is 2.73. The number of nitrogens with zero attached hydrogens (tertiary/aromatic N) is 1. The van der Waals surface area contributed by atoms with Crippen molar-refractivity contribution in [3.05, 3.63) is 58.6 Å². The molecule has 0 aliphatic carbocycles. The van der Waals surface area contributed by atoms with E-state index < -0.39 is 16.0 Å². The predicted octanol–water partition coefficient (Wildman–Crippen LogP) is 4.06. The Balaban J connectivity index is 1.64. The molecule has 0 saturated carbocycles. The Morgan fingerprint density at radius 1 is 1.07 bits per heavy atom. The molecule has 0 spiro atoms. The minimum Gasteiger partial charge on any atom is -0.488 e. The summed E-state index contributed by atoms with van der Waals surface area (Å²) in [6.45, 7) is 2.90. The first-order valence-electron chi connectivity index (χ1n) is 9.55. The van der Waals surface area contributed by atoms with Crippen LogP contribution in [-0.4, -0.2) is 45.0 Å². The highest BCUT2D eigenvalue weighted by Crippen LogP contribution is 2.25. The zero-order chi connectivity index (χ0) is 20.9. The molecule has 1 fully saturated rings. The van der Waals surface area contributed by atoms with Crippen LogP contribution in [0.4, 0.5) is 0 Å². The second kappa shape index (κ2) is 9.61. The molecule has 1 saturated heterocycles. The van der Waals surface area contributed by atoms with Gasteiger partial charge in [-0.05, 0) is 49.6 Å². The number of sulfonamides is 1. The second-order valence-corrected chi connectivity index (χ2v) is 9.17. The van der Waals surface area contributed by atoms with E-state index in [1.54, 1.807) is 43.3 Å². The average molecular weight is 438 g/mol. The number of halogens is 1. The van der Waals surface area contributed by atoms with Gasteiger partial charge in [0.25, 0.3) is 0 Å². The lowest BCUT2D eigenvalue weighted by atomic mass is 10.1. The van der Waals surface area contributed by atoms with Crippen molar-refractivity contribution in [1.29, 1.82) is 0 Å². The van der Waals surface area contributed by atoms with Crippen molar-refractivity contribution >= 4 is 27.6 Å². The molecule has 0 unspecified atom stereocenters. The van der Waals surface area contributed by atoms with Crippen molar-refractivity contribution in [2.24, 2.45) is 0 Å². The van der Waals surface area contributed by atoms with Crippen LogP contribution >= 0.6 is 11.6 Å². The first kappa shape index (κ1) is 21.6. The molecule has 29 heavy (non-hydrogen) atoms. The van der Waals surface area contributed by atoms with Gasteiger partial charge >= 0.3 is 5.97 Å². The third-order valence-corrected chi connectivity index (χ3v) is 7.12. The molecule has 0 N–H and O–H groups in total. The number of hydrogen-bond acceptors (Lipinski definition) is 5. The first-order valence-corrected chi connectivity index (χ1v) is 11.4. The number of rotatable bonds is 7. The summed E-state index contributed by atoms with van der Waals surface area (Å²) < 4.78 is 38.2. The largest absolute Gasteiger partial charge is 0.488 e. The van der Waals surface area contributed by atoms with Gasteiger partial charge in [-0.25, -0.2) is 13.2 Å². The summed E-state index contributed by atoms with van der Waals surface area (Å²) in [7, 11) is -3.63. The zero-order valence-electron chi connectivity index (χ0n) is 16.3. The zero-order valence-corrected chi connectivity index (χ0v) is 17.8. The normalized spacial score (nSPS) is 15.1. The molecule has 0 atom stereocenters. The van der Waals surface area contributed by atoms with E-state index in [1.807, 2.05) is 0 Å². The van der Waals surface area contributed by atoms with Crippen LogP contribution in [0, 0.1) is 6.92 Å². The van der Waals surface area contributed by atoms with Crippen LogP contribution in [0.25, 0.3) is 0 Å². The second-order valence-electron chi connectivity index (χ2n) is 6.86. The topological polar surface area (TPSA) is 72.9 Å². The van der Waals surface area contributed by atoms with Gasteiger partial charge in [-0.2, -0.15) is 4.31 Å². The number of benzene rings is 2. The summed E-state index contributed by atoms with van der Waals surface area (Å²) in [4.78, 5) is 12.5. The van der Waals surface area contributed by atoms with Crippen molar-refractivity contribution in [3.63, 3.8) is 0 Å². The molecule has 2 aromatic rings. The van der Waals surface area contributed by atoms with Crippen LogP contribution in [0.5, 0.6) is 5.75 Å². The molecule has 0 bridgehead atoms. The molecule has 0 aromatic heterocycles. The number of ether oxygens (including phenoxy) is 2. The monoisotopic (exact) mass is 437 g/mol. The SMILES string of the molecule is Cc1ccc(C(=O)OCCOc2ccccc2Cl)cc1S(=O)(=O)N1CCCCC1. The van der Waals surface area contributed by atoms with Crippen molar-refractivity contribution in [3.8, 4) is 5.75 Å². The van der Waals surface area contributed by atoms with E-state index in [-0.39, 0.29) is 23.7 Å². The molecule has 6 nitrogen and oxygen atoms in total. The lowest BCUT2D eigenvalue weighted by Crippen LogP contribution is -2.36. The molecule has 1 heterocycles. The predicted molar refractivity (Wildman–Crippen MR) is 111 cm³/mol. The molecular weight excluding hydrogens is 414 g/mol. The highest BCUT2D eigenvalue weighted by Gasteiger charge is 2.28. The van der Waals surface area contributed by atoms with Gasteiger partial charge < -0.3 is 9.47 Å². The number of aryl methyl sites for hydroxylation is 1. The highest BCUT2D eigenvalue weighted by atomic mass is 35.5. The Labute approximate surface area is 176 Å². The van der Waals surface area contributed by atoms with E-state index in [4.69, 9.17) is 21.1 Å². The van der Waals surface area contributed by atoms with E-state index in [0.29, 0.717) is 29.4 Å². The van der Waals surface area contributed by atoms with Gasteiger partial charge in [0.05, 0.1) is 15.5 Å². The fraction of sp³-hybridized carbons (Fsp3) is 0.381. The Bertz CT molecular complexity index is 971. The lowest BCUT2D eigenvalue weighted by molar-refractivity contribution is 0.0450. The maximum Gasteiger partial charge on any atom is 0.338 e. The lowest BCUT2D eigenvalue weighted by Gasteiger charge is -2.26. The van der Waals surface area contributed by atoms with E-state index in [2.05, 4.69) is 0 Å². The molecular formula is C21H24ClNO5S. The summed E-state index contributed by atoms with van der Waals surface area (Å²) in [5, 5.41) is 0.477. The van der Waals surface area contributed by atoms with Crippen LogP contribution < -0.4 is 4.74 Å². The number of piperidine rings is 1. The van der Waals surface area contributed by atoms with Crippen molar-refractivity contribution < 1.29 is 22.7 Å². The maximum atomic E-state index is 13.0. The van der Waals surface area contributed by atoms with Crippen molar-refractivity contribution in [2.45, 2.75) is 31.1 Å². The molecule has 0 amide bonds. The minimum atomic E-state index is -3.63. The molecule has 3 rings (SSSR count). The molecule has 1 aliphatic rings. The summed E-state index contributed by atoms with van der Waals surface area (Å²) in [6.07, 6.45) is 2.74. The van der Waals surface area contributed by atoms with Crippen LogP contribution in [0.1, 0.15) is 35.2 Å². The quantitative estimate of drug-likeness (QED) is 0.482. The summed E-state index contributed by atoms with van der Waals surface area (Å²) in [5.41, 5.74) is 0.804. The highest BCUT2D eigenvalue weighted by molar-refractivity contribution is 7.89. The van der Waals surface area contributed by atoms with Crippen LogP contribution in [0.3, 0.4) is 0 Å². The number of carbonyl (C=O) groups excluding carboxylic acids is 1. The van der Waals surface area contributed by atoms with Gasteiger partial charge in [-0.3, -0.25) is 0 Å². The molecule has 1 aliphatic heterocycles. The summed E-state index contributed by atoms with van der Waals surface area (Å²) >= 11 is 6.01. The van der Waals surface area contributed by atoms with E-state index >= 15 is 0 Å². The van der Waals surface area contributed by atoms with Gasteiger partial charge in [0.15, 0.2) is 0 Å². The molecule has 2 aromatic carbocycles. The van der Waals surface area contributed by atoms with Crippen LogP contribution in [-0.2, 0) is 14.8 Å². The molecule has 0 radical (unpaired) electrons. The first-order chi connectivity index (χ1) is 13.9. The Morgan fingerprint density at radius 2 is 1.79 bits per heavy atom. The van der Waals surface area contributed by atoms with Crippen LogP contribution in [0.15, 0.2) is 47.4 Å². The Morgan fingerprint density at radius 3 is 2.52 bits per heavy atom. The van der Waals surface area contributed by atoms with E-state index in [9.17, 15) is 13.2 Å². The van der Waals surface area contributed by atoms with Gasteiger partial charge in [0.1, 0.15) is 19.0 Å². The fourth-order valence-electron chi connectivity index (χ4n) is 3.18. The third-order valence-electron chi connectivity index (χ3n) is 4.77. The fourth-order valence-corrected chi connectivity index (χ4v) is 5.14. The van der Waals surface area contributed by atoms with E-state index in [1.165, 1.54) is 10.4 Å². The van der Waals surface area contributed by atoms with Gasteiger partial charge in [-0.15, -0.1) is 0 Å². The van der Waals surface area contributed by atoms with E-state index in [0.717, 1.165) is 19.3 Å². The minimum absolute atomic E-state index is 0.0200. The molecule has 156 valence electrons. The van der Waals surface area contributed by atoms with Gasteiger partial charge in [0, 0.05) is 13.1 Å². The standard InChI is InChI=1S/C21H24ClNO5S/c1-16-9-10-17(15-20(16)29(25,26)23-11-5-2-6-12-23)21(24)28-14-13-27-19-8-4-3-7-18(19)22/h3-4,7-10,15H,2,5-6,11-14H2,1H3. The maximum absolute atomic E-state index is 13.0. The Kier molecular flexibility index (Phi) is 7.16. The summed E-state index contributed by atoms with van der Waals surface area (Å²) in [6, 6.07) is 11.6.